The minimum atomic E-state index is 0.584. The van der Waals surface area contributed by atoms with Crippen LogP contribution >= 0.6 is 0 Å². The average Bonchev–Trinajstić information content (AvgIpc) is 2.41. The van der Waals surface area contributed by atoms with Gasteiger partial charge in [-0.25, -0.2) is 0 Å². The molecule has 0 saturated heterocycles. The second-order valence-electron chi connectivity index (χ2n) is 3.75. The van der Waals surface area contributed by atoms with E-state index in [2.05, 4.69) is 24.1 Å². The van der Waals surface area contributed by atoms with Crippen molar-refractivity contribution >= 4 is 0 Å². The molecule has 0 atom stereocenters. The molecule has 3 heteroatoms. The van der Waals surface area contributed by atoms with E-state index < -0.39 is 0 Å². The average molecular weight is 247 g/mol. The lowest BCUT2D eigenvalue weighted by molar-refractivity contribution is 0.297. The zero-order chi connectivity index (χ0) is 13.2. The molecule has 3 nitrogen and oxygen atoms in total. The summed E-state index contributed by atoms with van der Waals surface area (Å²) >= 11 is 0. The Morgan fingerprint density at radius 3 is 2.83 bits per heavy atom. The van der Waals surface area contributed by atoms with Crippen LogP contribution in [0.3, 0.4) is 0 Å². The third-order valence-electron chi connectivity index (χ3n) is 2.50. The van der Waals surface area contributed by atoms with Crippen LogP contribution in [0.5, 0.6) is 11.5 Å². The minimum Gasteiger partial charge on any atom is -0.493 e. The Balaban J connectivity index is 2.77. The van der Waals surface area contributed by atoms with Crippen LogP contribution in [0.2, 0.25) is 0 Å². The van der Waals surface area contributed by atoms with Crippen LogP contribution in [0, 0.1) is 11.8 Å². The predicted molar refractivity (Wildman–Crippen MR) is 73.9 cm³/mol. The molecule has 0 aliphatic rings. The van der Waals surface area contributed by atoms with Crippen LogP contribution in [0.25, 0.3) is 0 Å². The van der Waals surface area contributed by atoms with Gasteiger partial charge in [-0.15, -0.1) is 11.8 Å². The fourth-order valence-electron chi connectivity index (χ4n) is 1.61. The van der Waals surface area contributed by atoms with E-state index in [1.165, 1.54) is 0 Å². The molecular weight excluding hydrogens is 226 g/mol. The van der Waals surface area contributed by atoms with Crippen molar-refractivity contribution in [2.45, 2.75) is 26.8 Å². The molecule has 0 amide bonds. The third kappa shape index (κ3) is 4.31. The van der Waals surface area contributed by atoms with E-state index in [-0.39, 0.29) is 0 Å². The fourth-order valence-corrected chi connectivity index (χ4v) is 1.61. The Bertz CT molecular complexity index is 418. The van der Waals surface area contributed by atoms with Crippen molar-refractivity contribution in [2.75, 3.05) is 20.3 Å². The van der Waals surface area contributed by atoms with Crippen LogP contribution < -0.4 is 14.8 Å². The lowest BCUT2D eigenvalue weighted by Gasteiger charge is -2.14. The van der Waals surface area contributed by atoms with Gasteiger partial charge in [0.1, 0.15) is 0 Å². The second kappa shape index (κ2) is 8.43. The van der Waals surface area contributed by atoms with Crippen LogP contribution in [-0.2, 0) is 6.54 Å². The van der Waals surface area contributed by atoms with Crippen molar-refractivity contribution in [1.82, 2.24) is 5.32 Å². The fraction of sp³-hybridized carbons (Fsp3) is 0.467. The molecule has 1 rings (SSSR count). The van der Waals surface area contributed by atoms with Crippen molar-refractivity contribution in [3.8, 4) is 23.3 Å². The predicted octanol–water partition coefficient (Wildman–Crippen LogP) is 2.60. The summed E-state index contributed by atoms with van der Waals surface area (Å²) in [5.74, 6) is 7.44. The van der Waals surface area contributed by atoms with E-state index >= 15 is 0 Å². The van der Waals surface area contributed by atoms with Crippen molar-refractivity contribution in [2.24, 2.45) is 0 Å². The normalized spacial score (nSPS) is 9.50. The van der Waals surface area contributed by atoms with E-state index in [0.29, 0.717) is 6.61 Å². The zero-order valence-electron chi connectivity index (χ0n) is 11.4. The molecule has 0 saturated carbocycles. The quantitative estimate of drug-likeness (QED) is 0.593. The Labute approximate surface area is 109 Å². The second-order valence-corrected chi connectivity index (χ2v) is 3.75. The first kappa shape index (κ1) is 14.4. The van der Waals surface area contributed by atoms with Gasteiger partial charge in [0.05, 0.1) is 13.7 Å². The standard InChI is InChI=1S/C15H21NO2/c1-4-6-7-11-18-15-13(12-16-5-2)9-8-10-14(15)17-3/h8-10,16H,5,7,11-12H2,1-3H3. The van der Waals surface area contributed by atoms with Crippen LogP contribution in [-0.4, -0.2) is 20.3 Å². The molecule has 1 aromatic rings. The highest BCUT2D eigenvalue weighted by molar-refractivity contribution is 5.46. The molecule has 0 aliphatic heterocycles. The Hall–Kier alpha value is -1.66. The van der Waals surface area contributed by atoms with E-state index in [4.69, 9.17) is 9.47 Å². The maximum atomic E-state index is 5.79. The Kier molecular flexibility index (Phi) is 6.75. The molecular formula is C15H21NO2. The summed E-state index contributed by atoms with van der Waals surface area (Å²) in [7, 11) is 1.66. The zero-order valence-corrected chi connectivity index (χ0v) is 11.4. The number of hydrogen-bond donors (Lipinski definition) is 1. The number of para-hydroxylation sites is 1. The Morgan fingerprint density at radius 2 is 2.17 bits per heavy atom. The van der Waals surface area contributed by atoms with Crippen LogP contribution in [0.1, 0.15) is 25.8 Å². The van der Waals surface area contributed by atoms with Gasteiger partial charge in [-0.05, 0) is 19.5 Å². The first-order chi connectivity index (χ1) is 8.83. The van der Waals surface area contributed by atoms with Crippen LogP contribution in [0.4, 0.5) is 0 Å². The van der Waals surface area contributed by atoms with Gasteiger partial charge in [-0.2, -0.15) is 0 Å². The maximum absolute atomic E-state index is 5.79. The van der Waals surface area contributed by atoms with Gasteiger partial charge in [0, 0.05) is 18.5 Å². The Morgan fingerprint density at radius 1 is 1.33 bits per heavy atom. The van der Waals surface area contributed by atoms with Gasteiger partial charge in [-0.1, -0.05) is 19.1 Å². The lowest BCUT2D eigenvalue weighted by Crippen LogP contribution is -2.13. The number of methoxy groups -OCH3 is 1. The molecule has 0 aromatic heterocycles. The van der Waals surface area contributed by atoms with Crippen molar-refractivity contribution in [3.05, 3.63) is 23.8 Å². The highest BCUT2D eigenvalue weighted by atomic mass is 16.5. The monoisotopic (exact) mass is 247 g/mol. The number of benzene rings is 1. The summed E-state index contributed by atoms with van der Waals surface area (Å²) in [6, 6.07) is 5.94. The summed E-state index contributed by atoms with van der Waals surface area (Å²) in [5, 5.41) is 3.29. The van der Waals surface area contributed by atoms with Crippen molar-refractivity contribution < 1.29 is 9.47 Å². The molecule has 0 fully saturated rings. The summed E-state index contributed by atoms with van der Waals surface area (Å²) in [5.41, 5.74) is 1.11. The highest BCUT2D eigenvalue weighted by Gasteiger charge is 2.09. The molecule has 98 valence electrons. The molecule has 0 spiro atoms. The van der Waals surface area contributed by atoms with Gasteiger partial charge < -0.3 is 14.8 Å². The SMILES string of the molecule is CC#CCCOc1c(CNCC)cccc1OC. The summed E-state index contributed by atoms with van der Waals surface area (Å²) in [6.07, 6.45) is 0.731. The number of rotatable bonds is 7. The molecule has 0 heterocycles. The van der Waals surface area contributed by atoms with E-state index in [1.807, 2.05) is 25.1 Å². The molecule has 1 aromatic carbocycles. The largest absolute Gasteiger partial charge is 0.493 e. The number of hydrogen-bond acceptors (Lipinski definition) is 3. The van der Waals surface area contributed by atoms with Gasteiger partial charge in [0.25, 0.3) is 0 Å². The van der Waals surface area contributed by atoms with Gasteiger partial charge >= 0.3 is 0 Å². The molecule has 0 aliphatic carbocycles. The van der Waals surface area contributed by atoms with Crippen LogP contribution in [0.15, 0.2) is 18.2 Å². The number of nitrogens with one attached hydrogen (secondary N) is 1. The minimum absolute atomic E-state index is 0.584. The molecule has 0 radical (unpaired) electrons. The van der Waals surface area contributed by atoms with Gasteiger partial charge in [0.2, 0.25) is 0 Å². The maximum Gasteiger partial charge on any atom is 0.165 e. The molecule has 0 unspecified atom stereocenters. The van der Waals surface area contributed by atoms with E-state index in [0.717, 1.165) is 36.6 Å². The first-order valence-corrected chi connectivity index (χ1v) is 6.22. The van der Waals surface area contributed by atoms with E-state index in [9.17, 15) is 0 Å². The smallest absolute Gasteiger partial charge is 0.165 e. The summed E-state index contributed by atoms with van der Waals surface area (Å²) in [4.78, 5) is 0. The van der Waals surface area contributed by atoms with Crippen molar-refractivity contribution in [3.63, 3.8) is 0 Å². The van der Waals surface area contributed by atoms with E-state index in [1.54, 1.807) is 7.11 Å². The van der Waals surface area contributed by atoms with Gasteiger partial charge in [0.15, 0.2) is 11.5 Å². The first-order valence-electron chi connectivity index (χ1n) is 6.22. The highest BCUT2D eigenvalue weighted by Crippen LogP contribution is 2.31. The topological polar surface area (TPSA) is 30.5 Å². The summed E-state index contributed by atoms with van der Waals surface area (Å²) in [6.45, 7) is 6.21. The summed E-state index contributed by atoms with van der Waals surface area (Å²) < 4.78 is 11.1. The number of ether oxygens (including phenoxy) is 2. The lowest BCUT2D eigenvalue weighted by atomic mass is 10.2. The third-order valence-corrected chi connectivity index (χ3v) is 2.50. The van der Waals surface area contributed by atoms with Crippen molar-refractivity contribution in [1.29, 1.82) is 0 Å². The molecule has 1 N–H and O–H groups in total. The molecule has 0 bridgehead atoms. The van der Waals surface area contributed by atoms with Gasteiger partial charge in [-0.3, -0.25) is 0 Å². The molecule has 18 heavy (non-hydrogen) atoms.